The van der Waals surface area contributed by atoms with Gasteiger partial charge in [-0.25, -0.2) is 5.01 Å². The quantitative estimate of drug-likeness (QED) is 0.540. The zero-order chi connectivity index (χ0) is 24.7. The first-order chi connectivity index (χ1) is 16.3. The van der Waals surface area contributed by atoms with Crippen LogP contribution in [0, 0.1) is 11.3 Å². The van der Waals surface area contributed by atoms with Crippen molar-refractivity contribution in [3.63, 3.8) is 0 Å². The average Bonchev–Trinajstić information content (AvgIpc) is 3.26. The molecule has 3 rings (SSSR count). The van der Waals surface area contributed by atoms with Gasteiger partial charge in [0.25, 0.3) is 5.91 Å². The largest absolute Gasteiger partial charge is 0.313 e. The van der Waals surface area contributed by atoms with Crippen LogP contribution in [-0.4, -0.2) is 61.1 Å². The van der Waals surface area contributed by atoms with Crippen LogP contribution in [0.1, 0.15) is 30.5 Å². The van der Waals surface area contributed by atoms with Gasteiger partial charge in [-0.05, 0) is 29.3 Å². The Kier molecular flexibility index (Phi) is 9.02. The van der Waals surface area contributed by atoms with E-state index in [9.17, 15) is 14.9 Å². The van der Waals surface area contributed by atoms with E-state index >= 15 is 0 Å². The van der Waals surface area contributed by atoms with Crippen molar-refractivity contribution in [2.45, 2.75) is 33.0 Å². The minimum atomic E-state index is -0.230. The number of anilines is 1. The Bertz CT molecular complexity index is 1040. The lowest BCUT2D eigenvalue weighted by atomic mass is 10.1. The molecule has 0 atom stereocenters. The number of amides is 2. The molecule has 0 fully saturated rings. The first kappa shape index (κ1) is 25.7. The second-order valence-electron chi connectivity index (χ2n) is 8.54. The van der Waals surface area contributed by atoms with Crippen LogP contribution in [0.5, 0.6) is 0 Å². The predicted octanol–water partition coefficient (Wildman–Crippen LogP) is 2.52. The summed E-state index contributed by atoms with van der Waals surface area (Å²) in [4.78, 5) is 27.4. The molecule has 0 aromatic heterocycles. The molecule has 0 saturated heterocycles. The summed E-state index contributed by atoms with van der Waals surface area (Å²) in [5, 5.41) is 19.5. The topological polar surface area (TPSA) is 91.7 Å². The first-order valence-corrected chi connectivity index (χ1v) is 11.7. The van der Waals surface area contributed by atoms with Gasteiger partial charge in [0.15, 0.2) is 0 Å². The summed E-state index contributed by atoms with van der Waals surface area (Å²) >= 11 is 6.36. The number of halogens is 1. The number of nitrogens with zero attached hydrogens (tertiary/aromatic N) is 4. The van der Waals surface area contributed by atoms with Crippen LogP contribution in [0.2, 0.25) is 5.02 Å². The number of likely N-dealkylation sites (N-methyl/N-ethyl adjacent to an activating group) is 1. The van der Waals surface area contributed by atoms with Crippen molar-refractivity contribution in [1.29, 1.82) is 5.26 Å². The smallest absolute Gasteiger partial charge is 0.250 e. The summed E-state index contributed by atoms with van der Waals surface area (Å²) in [7, 11) is 1.74. The van der Waals surface area contributed by atoms with E-state index in [1.54, 1.807) is 35.2 Å². The number of benzene rings is 2. The molecule has 0 bridgehead atoms. The molecular formula is C25H31ClN6O2. The summed E-state index contributed by atoms with van der Waals surface area (Å²) in [5.74, 6) is -0.357. The van der Waals surface area contributed by atoms with Crippen molar-refractivity contribution >= 4 is 29.1 Å². The van der Waals surface area contributed by atoms with E-state index in [1.807, 2.05) is 31.0 Å². The van der Waals surface area contributed by atoms with Crippen LogP contribution in [-0.2, 0) is 22.7 Å². The molecule has 2 N–H and O–H groups in total. The summed E-state index contributed by atoms with van der Waals surface area (Å²) in [5.41, 5.74) is 3.33. The van der Waals surface area contributed by atoms with Crippen LogP contribution < -0.4 is 15.5 Å². The molecule has 8 nitrogen and oxygen atoms in total. The maximum absolute atomic E-state index is 13.1. The molecule has 0 spiro atoms. The van der Waals surface area contributed by atoms with Crippen molar-refractivity contribution in [3.05, 3.63) is 64.2 Å². The van der Waals surface area contributed by atoms with Crippen molar-refractivity contribution in [2.24, 2.45) is 0 Å². The maximum atomic E-state index is 13.1. The van der Waals surface area contributed by atoms with Crippen molar-refractivity contribution in [1.82, 2.24) is 20.7 Å². The fourth-order valence-corrected chi connectivity index (χ4v) is 4.02. The second-order valence-corrected chi connectivity index (χ2v) is 8.95. The maximum Gasteiger partial charge on any atom is 0.250 e. The van der Waals surface area contributed by atoms with Gasteiger partial charge in [0.05, 0.1) is 35.4 Å². The third-order valence-corrected chi connectivity index (χ3v) is 6.04. The Hall–Kier alpha value is -2.96. The zero-order valence-corrected chi connectivity index (χ0v) is 20.6. The van der Waals surface area contributed by atoms with Gasteiger partial charge in [-0.3, -0.25) is 19.9 Å². The summed E-state index contributed by atoms with van der Waals surface area (Å²) in [6, 6.07) is 15.3. The predicted molar refractivity (Wildman–Crippen MR) is 133 cm³/mol. The first-order valence-electron chi connectivity index (χ1n) is 11.3. The summed E-state index contributed by atoms with van der Waals surface area (Å²) < 4.78 is 0. The van der Waals surface area contributed by atoms with Gasteiger partial charge in [0.2, 0.25) is 5.91 Å². The Morgan fingerprint density at radius 1 is 1.12 bits per heavy atom. The number of hydrazine groups is 1. The molecule has 2 aromatic carbocycles. The highest BCUT2D eigenvalue weighted by atomic mass is 35.5. The lowest BCUT2D eigenvalue weighted by molar-refractivity contribution is -0.145. The number of rotatable bonds is 10. The SMILES string of the molecule is CC(C)NCCN(C(=O)CNCC(=O)N(C)N1Cc2ccccc2C1)c1cc(C#N)ccc1Cl. The van der Waals surface area contributed by atoms with E-state index in [0.717, 1.165) is 0 Å². The number of carbonyl (C=O) groups is 2. The molecule has 1 heterocycles. The van der Waals surface area contributed by atoms with E-state index in [-0.39, 0.29) is 30.9 Å². The highest BCUT2D eigenvalue weighted by molar-refractivity contribution is 6.33. The van der Waals surface area contributed by atoms with Gasteiger partial charge in [-0.2, -0.15) is 5.26 Å². The molecule has 2 amide bonds. The van der Waals surface area contributed by atoms with E-state index in [2.05, 4.69) is 28.8 Å². The molecular weight excluding hydrogens is 452 g/mol. The number of carbonyl (C=O) groups excluding carboxylic acids is 2. The van der Waals surface area contributed by atoms with E-state index in [1.165, 1.54) is 11.1 Å². The normalized spacial score (nSPS) is 12.9. The van der Waals surface area contributed by atoms with E-state index in [4.69, 9.17) is 11.6 Å². The Balaban J connectivity index is 1.58. The third-order valence-electron chi connectivity index (χ3n) is 5.72. The molecule has 34 heavy (non-hydrogen) atoms. The molecule has 1 aliphatic heterocycles. The average molecular weight is 483 g/mol. The van der Waals surface area contributed by atoms with Gasteiger partial charge in [0.1, 0.15) is 0 Å². The molecule has 0 radical (unpaired) electrons. The van der Waals surface area contributed by atoms with Crippen LogP contribution >= 0.6 is 11.6 Å². The highest BCUT2D eigenvalue weighted by Crippen LogP contribution is 2.27. The lowest BCUT2D eigenvalue weighted by Crippen LogP contribution is -2.47. The van der Waals surface area contributed by atoms with Gasteiger partial charge < -0.3 is 10.2 Å². The molecule has 0 aliphatic carbocycles. The molecule has 0 saturated carbocycles. The van der Waals surface area contributed by atoms with Crippen LogP contribution in [0.25, 0.3) is 0 Å². The van der Waals surface area contributed by atoms with Gasteiger partial charge in [0, 0.05) is 39.3 Å². The van der Waals surface area contributed by atoms with Crippen molar-refractivity contribution in [2.75, 3.05) is 38.1 Å². The molecule has 180 valence electrons. The standard InChI is InChI=1S/C25H31ClN6O2/c1-18(2)29-10-11-32(23-12-19(13-27)8-9-22(23)26)25(34)15-28-14-24(33)30(3)31-16-20-6-4-5-7-21(20)17-31/h4-9,12,18,28-29H,10-11,14-17H2,1-3H3. The molecule has 9 heteroatoms. The number of fused-ring (bicyclic) bond motifs is 1. The molecule has 0 unspecified atom stereocenters. The summed E-state index contributed by atoms with van der Waals surface area (Å²) in [6.07, 6.45) is 0. The highest BCUT2D eigenvalue weighted by Gasteiger charge is 2.25. The number of hydrogen-bond donors (Lipinski definition) is 2. The fourth-order valence-electron chi connectivity index (χ4n) is 3.80. The van der Waals surface area contributed by atoms with Crippen molar-refractivity contribution < 1.29 is 9.59 Å². The van der Waals surface area contributed by atoms with Gasteiger partial charge >= 0.3 is 0 Å². The minimum absolute atomic E-state index is 0.0269. The Morgan fingerprint density at radius 3 is 2.38 bits per heavy atom. The molecule has 1 aliphatic rings. The van der Waals surface area contributed by atoms with Crippen LogP contribution in [0.3, 0.4) is 0 Å². The van der Waals surface area contributed by atoms with Crippen LogP contribution in [0.15, 0.2) is 42.5 Å². The monoisotopic (exact) mass is 482 g/mol. The molecule has 2 aromatic rings. The van der Waals surface area contributed by atoms with E-state index < -0.39 is 0 Å². The van der Waals surface area contributed by atoms with Crippen LogP contribution in [0.4, 0.5) is 5.69 Å². The summed E-state index contributed by atoms with van der Waals surface area (Å²) in [6.45, 7) is 6.36. The van der Waals surface area contributed by atoms with E-state index in [0.29, 0.717) is 42.5 Å². The fraction of sp³-hybridized carbons (Fsp3) is 0.400. The van der Waals surface area contributed by atoms with Gasteiger partial charge in [-0.15, -0.1) is 0 Å². The second kappa shape index (κ2) is 12.0. The Labute approximate surface area is 206 Å². The van der Waals surface area contributed by atoms with Crippen molar-refractivity contribution in [3.8, 4) is 6.07 Å². The number of nitriles is 1. The zero-order valence-electron chi connectivity index (χ0n) is 19.8. The van der Waals surface area contributed by atoms with Gasteiger partial charge in [-0.1, -0.05) is 49.7 Å². The number of nitrogens with one attached hydrogen (secondary N) is 2. The number of hydrogen-bond acceptors (Lipinski definition) is 6. The minimum Gasteiger partial charge on any atom is -0.313 e. The Morgan fingerprint density at radius 2 is 1.76 bits per heavy atom. The lowest BCUT2D eigenvalue weighted by Gasteiger charge is -2.28. The third kappa shape index (κ3) is 6.55.